The van der Waals surface area contributed by atoms with Crippen LogP contribution in [0.5, 0.6) is 0 Å². The van der Waals surface area contributed by atoms with E-state index in [9.17, 15) is 13.2 Å². The van der Waals surface area contributed by atoms with Crippen molar-refractivity contribution in [3.05, 3.63) is 18.2 Å². The summed E-state index contributed by atoms with van der Waals surface area (Å²) in [6.45, 7) is 0.579. The molecule has 1 aromatic rings. The number of carbonyl (C=O) groups is 1. The predicted molar refractivity (Wildman–Crippen MR) is 72.5 cm³/mol. The Hall–Kier alpha value is -1.80. The first-order valence-electron chi connectivity index (χ1n) is 5.50. The summed E-state index contributed by atoms with van der Waals surface area (Å²) in [6.07, 6.45) is 1.12. The van der Waals surface area contributed by atoms with Crippen molar-refractivity contribution < 1.29 is 17.9 Å². The Morgan fingerprint density at radius 3 is 2.63 bits per heavy atom. The first kappa shape index (κ1) is 15.3. The summed E-state index contributed by atoms with van der Waals surface area (Å²) < 4.78 is 27.6. The van der Waals surface area contributed by atoms with Gasteiger partial charge in [-0.25, -0.2) is 8.42 Å². The van der Waals surface area contributed by atoms with E-state index in [-0.39, 0.29) is 18.1 Å². The van der Waals surface area contributed by atoms with Crippen LogP contribution in [0.2, 0.25) is 0 Å². The zero-order valence-corrected chi connectivity index (χ0v) is 11.4. The van der Waals surface area contributed by atoms with E-state index in [4.69, 9.17) is 16.2 Å². The number of primary amides is 1. The minimum atomic E-state index is -3.26. The molecular weight excluding hydrogens is 270 g/mol. The minimum Gasteiger partial charge on any atom is -0.397 e. The molecule has 8 heteroatoms. The molecule has 19 heavy (non-hydrogen) atoms. The molecule has 0 atom stereocenters. The fourth-order valence-electron chi connectivity index (χ4n) is 1.36. The van der Waals surface area contributed by atoms with Gasteiger partial charge in [-0.15, -0.1) is 0 Å². The average molecular weight is 287 g/mol. The number of anilines is 2. The Labute approximate surface area is 111 Å². The normalized spacial score (nSPS) is 11.2. The second-order valence-corrected chi connectivity index (χ2v) is 5.98. The van der Waals surface area contributed by atoms with Gasteiger partial charge in [-0.1, -0.05) is 0 Å². The van der Waals surface area contributed by atoms with Gasteiger partial charge in [0.15, 0.2) is 9.84 Å². The van der Waals surface area contributed by atoms with Crippen molar-refractivity contribution in [1.29, 1.82) is 0 Å². The summed E-state index contributed by atoms with van der Waals surface area (Å²) in [5.74, 6) is -0.531. The Kier molecular flexibility index (Phi) is 5.13. The molecule has 0 fully saturated rings. The zero-order valence-electron chi connectivity index (χ0n) is 10.5. The van der Waals surface area contributed by atoms with Gasteiger partial charge in [0, 0.05) is 12.8 Å². The van der Waals surface area contributed by atoms with Gasteiger partial charge in [0.1, 0.15) is 6.61 Å². The number of ether oxygens (including phenoxy) is 1. The highest BCUT2D eigenvalue weighted by Gasteiger charge is 2.09. The van der Waals surface area contributed by atoms with Crippen LogP contribution in [-0.4, -0.2) is 40.3 Å². The van der Waals surface area contributed by atoms with E-state index in [0.717, 1.165) is 6.26 Å². The fourth-order valence-corrected chi connectivity index (χ4v) is 2.02. The van der Waals surface area contributed by atoms with Gasteiger partial charge in [0.05, 0.1) is 22.9 Å². The largest absolute Gasteiger partial charge is 0.397 e. The van der Waals surface area contributed by atoms with Crippen molar-refractivity contribution in [2.75, 3.05) is 37.1 Å². The molecule has 0 bridgehead atoms. The van der Waals surface area contributed by atoms with Gasteiger partial charge in [-0.05, 0) is 18.2 Å². The first-order chi connectivity index (χ1) is 8.80. The molecule has 5 N–H and O–H groups in total. The number of amides is 1. The standard InChI is InChI=1S/C11H17N3O4S/c1-19(16,17)8-2-3-10(9(12)6-8)14-4-5-18-7-11(13)15/h2-3,6,14H,4-5,7,12H2,1H3,(H2,13,15). The zero-order chi connectivity index (χ0) is 14.5. The lowest BCUT2D eigenvalue weighted by molar-refractivity contribution is -0.122. The summed E-state index contributed by atoms with van der Waals surface area (Å²) in [7, 11) is -3.26. The number of carbonyl (C=O) groups excluding carboxylic acids is 1. The summed E-state index contributed by atoms with van der Waals surface area (Å²) in [4.78, 5) is 10.6. The summed E-state index contributed by atoms with van der Waals surface area (Å²) >= 11 is 0. The predicted octanol–water partition coefficient (Wildman–Crippen LogP) is -0.414. The van der Waals surface area contributed by atoms with Crippen LogP contribution in [0.3, 0.4) is 0 Å². The molecule has 1 amide bonds. The Morgan fingerprint density at radius 2 is 2.11 bits per heavy atom. The van der Waals surface area contributed by atoms with Crippen molar-refractivity contribution in [1.82, 2.24) is 0 Å². The number of sulfone groups is 1. The fraction of sp³-hybridized carbons (Fsp3) is 0.364. The van der Waals surface area contributed by atoms with Crippen molar-refractivity contribution >= 4 is 27.1 Å². The van der Waals surface area contributed by atoms with E-state index < -0.39 is 15.7 Å². The Morgan fingerprint density at radius 1 is 1.42 bits per heavy atom. The average Bonchev–Trinajstić information content (AvgIpc) is 2.28. The van der Waals surface area contributed by atoms with E-state index in [1.807, 2.05) is 0 Å². The summed E-state index contributed by atoms with van der Waals surface area (Å²) in [6, 6.07) is 4.44. The lowest BCUT2D eigenvalue weighted by atomic mass is 10.2. The second kappa shape index (κ2) is 6.39. The monoisotopic (exact) mass is 287 g/mol. The summed E-state index contributed by atoms with van der Waals surface area (Å²) in [5, 5.41) is 2.97. The van der Waals surface area contributed by atoms with Crippen LogP contribution >= 0.6 is 0 Å². The molecule has 0 saturated heterocycles. The highest BCUT2D eigenvalue weighted by molar-refractivity contribution is 7.90. The van der Waals surface area contributed by atoms with Crippen LogP contribution in [0, 0.1) is 0 Å². The van der Waals surface area contributed by atoms with Crippen LogP contribution in [0.15, 0.2) is 23.1 Å². The topological polar surface area (TPSA) is 125 Å². The van der Waals surface area contributed by atoms with Crippen LogP contribution in [-0.2, 0) is 19.4 Å². The molecule has 0 saturated carbocycles. The van der Waals surface area contributed by atoms with Gasteiger partial charge < -0.3 is 21.5 Å². The maximum absolute atomic E-state index is 11.3. The number of nitrogens with one attached hydrogen (secondary N) is 1. The van der Waals surface area contributed by atoms with Gasteiger partial charge >= 0.3 is 0 Å². The molecule has 0 aliphatic carbocycles. The highest BCUT2D eigenvalue weighted by Crippen LogP contribution is 2.22. The summed E-state index contributed by atoms with van der Waals surface area (Å²) in [5.41, 5.74) is 11.6. The quantitative estimate of drug-likeness (QED) is 0.462. The molecule has 0 radical (unpaired) electrons. The number of nitrogen functional groups attached to an aromatic ring is 1. The van der Waals surface area contributed by atoms with Crippen molar-refractivity contribution in [3.8, 4) is 0 Å². The van der Waals surface area contributed by atoms with Gasteiger partial charge in [0.25, 0.3) is 0 Å². The molecule has 0 aromatic heterocycles. The molecule has 1 aromatic carbocycles. The Balaban J connectivity index is 2.54. The molecule has 106 valence electrons. The molecular formula is C11H17N3O4S. The minimum absolute atomic E-state index is 0.135. The number of hydrogen-bond acceptors (Lipinski definition) is 6. The third-order valence-electron chi connectivity index (χ3n) is 2.26. The van der Waals surface area contributed by atoms with Crippen LogP contribution in [0.25, 0.3) is 0 Å². The molecule has 0 aliphatic rings. The van der Waals surface area contributed by atoms with E-state index in [1.165, 1.54) is 12.1 Å². The SMILES string of the molecule is CS(=O)(=O)c1ccc(NCCOCC(N)=O)c(N)c1. The number of benzene rings is 1. The van der Waals surface area contributed by atoms with E-state index in [0.29, 0.717) is 17.9 Å². The van der Waals surface area contributed by atoms with Crippen LogP contribution in [0.1, 0.15) is 0 Å². The third kappa shape index (κ3) is 5.14. The molecule has 0 heterocycles. The van der Waals surface area contributed by atoms with Crippen LogP contribution < -0.4 is 16.8 Å². The third-order valence-corrected chi connectivity index (χ3v) is 3.37. The van der Waals surface area contributed by atoms with Gasteiger partial charge in [-0.3, -0.25) is 4.79 Å². The lowest BCUT2D eigenvalue weighted by Crippen LogP contribution is -2.20. The van der Waals surface area contributed by atoms with E-state index >= 15 is 0 Å². The van der Waals surface area contributed by atoms with Gasteiger partial charge in [-0.2, -0.15) is 0 Å². The molecule has 1 rings (SSSR count). The maximum atomic E-state index is 11.3. The van der Waals surface area contributed by atoms with Crippen molar-refractivity contribution in [3.63, 3.8) is 0 Å². The second-order valence-electron chi connectivity index (χ2n) is 3.97. The smallest absolute Gasteiger partial charge is 0.243 e. The van der Waals surface area contributed by atoms with Crippen molar-refractivity contribution in [2.24, 2.45) is 5.73 Å². The number of rotatable bonds is 7. The lowest BCUT2D eigenvalue weighted by Gasteiger charge is -2.10. The van der Waals surface area contributed by atoms with Crippen LogP contribution in [0.4, 0.5) is 11.4 Å². The molecule has 7 nitrogen and oxygen atoms in total. The number of nitrogens with two attached hydrogens (primary N) is 2. The highest BCUT2D eigenvalue weighted by atomic mass is 32.2. The Bertz CT molecular complexity index is 557. The van der Waals surface area contributed by atoms with E-state index in [2.05, 4.69) is 5.32 Å². The van der Waals surface area contributed by atoms with E-state index in [1.54, 1.807) is 6.07 Å². The van der Waals surface area contributed by atoms with Gasteiger partial charge in [0.2, 0.25) is 5.91 Å². The number of hydrogen-bond donors (Lipinski definition) is 3. The van der Waals surface area contributed by atoms with Crippen molar-refractivity contribution in [2.45, 2.75) is 4.90 Å². The first-order valence-corrected chi connectivity index (χ1v) is 7.39. The maximum Gasteiger partial charge on any atom is 0.243 e. The molecule has 0 unspecified atom stereocenters. The molecule has 0 spiro atoms. The molecule has 0 aliphatic heterocycles.